The van der Waals surface area contributed by atoms with Gasteiger partial charge in [-0.15, -0.1) is 0 Å². The summed E-state index contributed by atoms with van der Waals surface area (Å²) in [5.41, 5.74) is 4.53. The molecular weight excluding hydrogens is 476 g/mol. The maximum Gasteiger partial charge on any atom is 0.283 e. The number of halogens is 1. The topological polar surface area (TPSA) is 96.6 Å². The standard InChI is InChI=1S/C24H23ClN4O4S/c1-14-6-4-7-19(15(14)2)32-8-5-9-33-21-18(25)11-16(12-20(21)31-3)10-17-22(26)29-24(28-23(17)30)34-13-27-29/h4,6-7,10-13,26H,5,8-9H2,1-3H3/b17-10+,26-22?. The van der Waals surface area contributed by atoms with E-state index in [9.17, 15) is 4.79 Å². The van der Waals surface area contributed by atoms with E-state index < -0.39 is 5.91 Å². The molecule has 0 aromatic heterocycles. The minimum Gasteiger partial charge on any atom is -0.493 e. The first kappa shape index (κ1) is 23.8. The van der Waals surface area contributed by atoms with Gasteiger partial charge in [-0.1, -0.05) is 23.7 Å². The molecule has 0 radical (unpaired) electrons. The number of nitrogens with zero attached hydrogens (tertiary/aromatic N) is 3. The number of hydrazone groups is 1. The lowest BCUT2D eigenvalue weighted by atomic mass is 10.1. The fraction of sp³-hybridized carbons (Fsp3) is 0.250. The van der Waals surface area contributed by atoms with Crippen LogP contribution in [0.2, 0.25) is 5.02 Å². The van der Waals surface area contributed by atoms with E-state index in [1.807, 2.05) is 19.1 Å². The number of amidine groups is 2. The van der Waals surface area contributed by atoms with Crippen LogP contribution in [0.4, 0.5) is 0 Å². The number of hydrogen-bond donors (Lipinski definition) is 1. The summed E-state index contributed by atoms with van der Waals surface area (Å²) in [6.45, 7) is 4.97. The minimum absolute atomic E-state index is 0.0458. The first-order chi connectivity index (χ1) is 16.4. The Morgan fingerprint density at radius 2 is 1.97 bits per heavy atom. The van der Waals surface area contributed by atoms with Gasteiger partial charge >= 0.3 is 0 Å². The molecule has 2 aromatic rings. The Bertz CT molecular complexity index is 1240. The highest BCUT2D eigenvalue weighted by Gasteiger charge is 2.32. The van der Waals surface area contributed by atoms with Crippen LogP contribution in [0.3, 0.4) is 0 Å². The number of nitrogens with one attached hydrogen (secondary N) is 1. The third-order valence-electron chi connectivity index (χ3n) is 5.31. The van der Waals surface area contributed by atoms with Gasteiger partial charge < -0.3 is 14.2 Å². The molecule has 2 aromatic carbocycles. The van der Waals surface area contributed by atoms with E-state index in [1.165, 1.54) is 35.0 Å². The van der Waals surface area contributed by atoms with Crippen LogP contribution >= 0.6 is 23.4 Å². The third kappa shape index (κ3) is 4.95. The summed E-state index contributed by atoms with van der Waals surface area (Å²) in [6.07, 6.45) is 2.19. The number of benzene rings is 2. The Hall–Kier alpha value is -3.30. The number of aliphatic imine (C=N–C) groups is 1. The van der Waals surface area contributed by atoms with Crippen molar-refractivity contribution < 1.29 is 19.0 Å². The summed E-state index contributed by atoms with van der Waals surface area (Å²) in [5.74, 6) is 1.14. The molecule has 2 heterocycles. The quantitative estimate of drug-likeness (QED) is 0.403. The predicted octanol–water partition coefficient (Wildman–Crippen LogP) is 5.06. The smallest absolute Gasteiger partial charge is 0.283 e. The summed E-state index contributed by atoms with van der Waals surface area (Å²) in [7, 11) is 1.51. The van der Waals surface area contributed by atoms with E-state index in [0.717, 1.165) is 11.3 Å². The maximum absolute atomic E-state index is 12.4. The van der Waals surface area contributed by atoms with E-state index in [2.05, 4.69) is 23.1 Å². The molecule has 0 atom stereocenters. The van der Waals surface area contributed by atoms with E-state index >= 15 is 0 Å². The van der Waals surface area contributed by atoms with Crippen molar-refractivity contribution in [3.8, 4) is 17.2 Å². The Morgan fingerprint density at radius 3 is 2.76 bits per heavy atom. The van der Waals surface area contributed by atoms with Crippen molar-refractivity contribution in [2.75, 3.05) is 20.3 Å². The van der Waals surface area contributed by atoms with Crippen LogP contribution in [-0.4, -0.2) is 47.8 Å². The second-order valence-corrected chi connectivity index (χ2v) is 8.76. The summed E-state index contributed by atoms with van der Waals surface area (Å²) < 4.78 is 17.2. The van der Waals surface area contributed by atoms with Crippen LogP contribution in [0.1, 0.15) is 23.1 Å². The third-order valence-corrected chi connectivity index (χ3v) is 6.26. The van der Waals surface area contributed by atoms with Crippen LogP contribution in [0, 0.1) is 19.3 Å². The van der Waals surface area contributed by atoms with Gasteiger partial charge in [0.2, 0.25) is 0 Å². The molecule has 1 N–H and O–H groups in total. The largest absolute Gasteiger partial charge is 0.493 e. The van der Waals surface area contributed by atoms with E-state index in [0.29, 0.717) is 46.9 Å². The van der Waals surface area contributed by atoms with Gasteiger partial charge in [0.05, 0.1) is 36.5 Å². The average molecular weight is 499 g/mol. The van der Waals surface area contributed by atoms with Gasteiger partial charge in [0.1, 0.15) is 5.75 Å². The number of fused-ring (bicyclic) bond motifs is 1. The number of methoxy groups -OCH3 is 1. The lowest BCUT2D eigenvalue weighted by Crippen LogP contribution is -2.35. The van der Waals surface area contributed by atoms with Crippen molar-refractivity contribution in [2.24, 2.45) is 10.1 Å². The number of ether oxygens (including phenoxy) is 3. The molecule has 2 aliphatic rings. The van der Waals surface area contributed by atoms with Crippen molar-refractivity contribution in [3.63, 3.8) is 0 Å². The van der Waals surface area contributed by atoms with E-state index in [1.54, 1.807) is 18.2 Å². The molecule has 2 aliphatic heterocycles. The Kier molecular flexibility index (Phi) is 7.23. The summed E-state index contributed by atoms with van der Waals surface area (Å²) in [5, 5.41) is 14.4. The van der Waals surface area contributed by atoms with Gasteiger partial charge in [0.15, 0.2) is 22.5 Å². The highest BCUT2D eigenvalue weighted by atomic mass is 35.5. The fourth-order valence-corrected chi connectivity index (χ4v) is 4.25. The van der Waals surface area contributed by atoms with Crippen LogP contribution in [0.15, 0.2) is 46.0 Å². The highest BCUT2D eigenvalue weighted by molar-refractivity contribution is 8.25. The molecule has 0 fully saturated rings. The number of rotatable bonds is 8. The van der Waals surface area contributed by atoms with Crippen LogP contribution in [-0.2, 0) is 4.79 Å². The van der Waals surface area contributed by atoms with Crippen molar-refractivity contribution in [3.05, 3.63) is 57.6 Å². The summed E-state index contributed by atoms with van der Waals surface area (Å²) in [6, 6.07) is 9.33. The molecule has 0 bridgehead atoms. The van der Waals surface area contributed by atoms with Crippen molar-refractivity contribution in [1.29, 1.82) is 5.41 Å². The number of carbonyl (C=O) groups excluding carboxylic acids is 1. The first-order valence-electron chi connectivity index (χ1n) is 10.5. The SMILES string of the molecule is COc1cc(/C=C2\C(=N)N3N=CSC3=NC2=O)cc(Cl)c1OCCCOc1cccc(C)c1C. The predicted molar refractivity (Wildman–Crippen MR) is 136 cm³/mol. The lowest BCUT2D eigenvalue weighted by Gasteiger charge is -2.20. The minimum atomic E-state index is -0.506. The van der Waals surface area contributed by atoms with Crippen LogP contribution < -0.4 is 14.2 Å². The fourth-order valence-electron chi connectivity index (χ4n) is 3.36. The van der Waals surface area contributed by atoms with Crippen molar-refractivity contribution >= 4 is 51.9 Å². The zero-order valence-electron chi connectivity index (χ0n) is 18.9. The molecule has 0 spiro atoms. The van der Waals surface area contributed by atoms with Crippen LogP contribution in [0.5, 0.6) is 17.2 Å². The van der Waals surface area contributed by atoms with Crippen molar-refractivity contribution in [2.45, 2.75) is 20.3 Å². The van der Waals surface area contributed by atoms with Gasteiger partial charge in [-0.2, -0.15) is 15.1 Å². The molecule has 176 valence electrons. The monoisotopic (exact) mass is 498 g/mol. The number of aryl methyl sites for hydroxylation is 1. The molecule has 0 unspecified atom stereocenters. The zero-order valence-corrected chi connectivity index (χ0v) is 20.5. The van der Waals surface area contributed by atoms with E-state index in [-0.39, 0.29) is 11.4 Å². The van der Waals surface area contributed by atoms with Gasteiger partial charge in [-0.05, 0) is 66.6 Å². The zero-order chi connectivity index (χ0) is 24.2. The van der Waals surface area contributed by atoms with Crippen molar-refractivity contribution in [1.82, 2.24) is 5.01 Å². The Labute approximate surface area is 206 Å². The normalized spacial score (nSPS) is 16.1. The molecular formula is C24H23ClN4O4S. The van der Waals surface area contributed by atoms with Gasteiger partial charge in [0.25, 0.3) is 5.91 Å². The van der Waals surface area contributed by atoms with Gasteiger partial charge in [0, 0.05) is 6.42 Å². The maximum atomic E-state index is 12.4. The molecule has 4 rings (SSSR count). The van der Waals surface area contributed by atoms with E-state index in [4.69, 9.17) is 31.2 Å². The second kappa shape index (κ2) is 10.3. The van der Waals surface area contributed by atoms with Gasteiger partial charge in [-0.25, -0.2) is 0 Å². The average Bonchev–Trinajstić information content (AvgIpc) is 3.28. The van der Waals surface area contributed by atoms with Crippen LogP contribution in [0.25, 0.3) is 6.08 Å². The van der Waals surface area contributed by atoms with Gasteiger partial charge in [-0.3, -0.25) is 10.2 Å². The number of carbonyl (C=O) groups is 1. The summed E-state index contributed by atoms with van der Waals surface area (Å²) in [4.78, 5) is 16.4. The Balaban J connectivity index is 1.42. The first-order valence-corrected chi connectivity index (χ1v) is 11.8. The molecule has 0 saturated heterocycles. The molecule has 10 heteroatoms. The molecule has 1 amide bonds. The lowest BCUT2D eigenvalue weighted by molar-refractivity contribution is -0.114. The number of thioether (sulfide) groups is 1. The number of amides is 1. The molecule has 34 heavy (non-hydrogen) atoms. The second-order valence-electron chi connectivity index (χ2n) is 7.54. The molecule has 0 aliphatic carbocycles. The summed E-state index contributed by atoms with van der Waals surface area (Å²) >= 11 is 7.66. The molecule has 0 saturated carbocycles. The highest BCUT2D eigenvalue weighted by Crippen LogP contribution is 2.37. The molecule has 8 nitrogen and oxygen atoms in total. The number of hydrogen-bond acceptors (Lipinski definition) is 7. The Morgan fingerprint density at radius 1 is 1.18 bits per heavy atom.